The van der Waals surface area contributed by atoms with Gasteiger partial charge in [-0.3, -0.25) is 14.5 Å². The molecule has 0 aliphatic carbocycles. The first-order valence-corrected chi connectivity index (χ1v) is 13.8. The fourth-order valence-corrected chi connectivity index (χ4v) is 6.85. The van der Waals surface area contributed by atoms with E-state index in [2.05, 4.69) is 5.32 Å². The van der Waals surface area contributed by atoms with E-state index in [0.717, 1.165) is 9.78 Å². The van der Waals surface area contributed by atoms with E-state index >= 15 is 0 Å². The highest BCUT2D eigenvalue weighted by molar-refractivity contribution is 7.92. The molecule has 0 bridgehead atoms. The number of alkyl halides is 1. The van der Waals surface area contributed by atoms with Gasteiger partial charge in [-0.1, -0.05) is 66.7 Å². The van der Waals surface area contributed by atoms with E-state index in [-0.39, 0.29) is 23.4 Å². The number of thiophene rings is 1. The van der Waals surface area contributed by atoms with Crippen molar-refractivity contribution in [2.45, 2.75) is 23.9 Å². The van der Waals surface area contributed by atoms with Crippen molar-refractivity contribution in [2.24, 2.45) is 0 Å². The van der Waals surface area contributed by atoms with Crippen LogP contribution in [0, 0.1) is 0 Å². The number of esters is 1. The summed E-state index contributed by atoms with van der Waals surface area (Å²) in [5, 5.41) is 3.51. The third kappa shape index (κ3) is 5.04. The van der Waals surface area contributed by atoms with Crippen LogP contribution in [0.25, 0.3) is 0 Å². The summed E-state index contributed by atoms with van der Waals surface area (Å²) < 4.78 is 32.8. The van der Waals surface area contributed by atoms with Gasteiger partial charge >= 0.3 is 5.97 Å². The summed E-state index contributed by atoms with van der Waals surface area (Å²) in [7, 11) is 0. The predicted molar refractivity (Wildman–Crippen MR) is 137 cm³/mol. The number of rotatable bonds is 8. The SMILES string of the molecule is O=C(Cc1cccs1)NC1C(=O)N2C(C(=O)OC(c3ccccc3)c3ccccc3)=C(CF)C[S+]([O-])[C@H]12. The van der Waals surface area contributed by atoms with Gasteiger partial charge in [0.25, 0.3) is 5.91 Å². The Morgan fingerprint density at radius 3 is 2.30 bits per heavy atom. The van der Waals surface area contributed by atoms with Crippen LogP contribution in [0.5, 0.6) is 0 Å². The molecule has 2 amide bonds. The van der Waals surface area contributed by atoms with Gasteiger partial charge < -0.3 is 14.6 Å². The van der Waals surface area contributed by atoms with Gasteiger partial charge in [0.2, 0.25) is 11.3 Å². The molecule has 3 atom stereocenters. The molecule has 3 heterocycles. The number of β-lactam (4-membered cyclic amide) rings is 1. The zero-order valence-electron chi connectivity index (χ0n) is 19.5. The van der Waals surface area contributed by atoms with Crippen LogP contribution in [0.2, 0.25) is 0 Å². The third-order valence-electron chi connectivity index (χ3n) is 6.22. The Morgan fingerprint density at radius 1 is 1.08 bits per heavy atom. The number of carbonyl (C=O) groups is 3. The van der Waals surface area contributed by atoms with Crippen molar-refractivity contribution in [3.8, 4) is 0 Å². The maximum Gasteiger partial charge on any atom is 0.356 e. The predicted octanol–water partition coefficient (Wildman–Crippen LogP) is 3.26. The maximum atomic E-state index is 14.0. The average Bonchev–Trinajstić information content (AvgIpc) is 3.43. The van der Waals surface area contributed by atoms with Crippen LogP contribution in [-0.2, 0) is 36.7 Å². The van der Waals surface area contributed by atoms with Crippen LogP contribution >= 0.6 is 11.3 Å². The number of ether oxygens (including phenoxy) is 1. The number of nitrogens with zero attached hydrogens (tertiary/aromatic N) is 1. The quantitative estimate of drug-likeness (QED) is 0.270. The van der Waals surface area contributed by atoms with E-state index in [4.69, 9.17) is 4.74 Å². The third-order valence-corrected chi connectivity index (χ3v) is 8.75. The number of nitrogens with one attached hydrogen (secondary N) is 1. The molecule has 7 nitrogen and oxygen atoms in total. The topological polar surface area (TPSA) is 98.8 Å². The molecule has 2 aliphatic heterocycles. The molecule has 3 aromatic rings. The smallest absolute Gasteiger partial charge is 0.356 e. The van der Waals surface area contributed by atoms with E-state index in [9.17, 15) is 23.3 Å². The van der Waals surface area contributed by atoms with Gasteiger partial charge in [0, 0.05) is 10.5 Å². The number of halogens is 1. The normalized spacial score (nSPS) is 20.9. The van der Waals surface area contributed by atoms with Gasteiger partial charge in [-0.05, 0) is 33.7 Å². The van der Waals surface area contributed by atoms with E-state index < -0.39 is 53.2 Å². The lowest BCUT2D eigenvalue weighted by molar-refractivity contribution is -0.155. The van der Waals surface area contributed by atoms with E-state index in [1.165, 1.54) is 11.3 Å². The van der Waals surface area contributed by atoms with Gasteiger partial charge in [-0.2, -0.15) is 0 Å². The molecular weight excluding hydrogens is 515 g/mol. The molecule has 5 rings (SSSR count). The van der Waals surface area contributed by atoms with Crippen molar-refractivity contribution in [3.63, 3.8) is 0 Å². The second-order valence-corrected chi connectivity index (χ2v) is 11.2. The van der Waals surface area contributed by atoms with Gasteiger partial charge in [0.05, 0.1) is 6.42 Å². The van der Waals surface area contributed by atoms with Crippen molar-refractivity contribution in [1.29, 1.82) is 0 Å². The first kappa shape index (κ1) is 25.2. The molecule has 190 valence electrons. The fourth-order valence-electron chi connectivity index (χ4n) is 4.49. The minimum Gasteiger partial charge on any atom is -0.614 e. The van der Waals surface area contributed by atoms with Crippen LogP contribution < -0.4 is 5.32 Å². The first-order chi connectivity index (χ1) is 18.0. The molecular formula is C27H23FN2O5S2. The van der Waals surface area contributed by atoms with Crippen molar-refractivity contribution in [1.82, 2.24) is 10.2 Å². The van der Waals surface area contributed by atoms with Crippen molar-refractivity contribution in [3.05, 3.63) is 105 Å². The Bertz CT molecular complexity index is 1280. The Kier molecular flexibility index (Phi) is 7.40. The molecule has 1 saturated heterocycles. The van der Waals surface area contributed by atoms with Gasteiger partial charge in [-0.15, -0.1) is 11.3 Å². The molecule has 1 aromatic heterocycles. The average molecular weight is 539 g/mol. The molecule has 0 saturated carbocycles. The number of amides is 2. The minimum absolute atomic E-state index is 0.0591. The number of hydrogen-bond donors (Lipinski definition) is 1. The monoisotopic (exact) mass is 538 g/mol. The highest BCUT2D eigenvalue weighted by Gasteiger charge is 2.61. The summed E-state index contributed by atoms with van der Waals surface area (Å²) in [4.78, 5) is 40.9. The van der Waals surface area contributed by atoms with E-state index in [1.807, 2.05) is 72.1 Å². The summed E-state index contributed by atoms with van der Waals surface area (Å²) in [5.41, 5.74) is 1.11. The molecule has 10 heteroatoms. The number of hydrogen-bond acceptors (Lipinski definition) is 6. The van der Waals surface area contributed by atoms with Crippen molar-refractivity contribution in [2.75, 3.05) is 12.4 Å². The van der Waals surface area contributed by atoms with Gasteiger partial charge in [0.15, 0.2) is 12.1 Å². The highest BCUT2D eigenvalue weighted by Crippen LogP contribution is 2.38. The highest BCUT2D eigenvalue weighted by atomic mass is 32.2. The second-order valence-electron chi connectivity index (χ2n) is 8.62. The summed E-state index contributed by atoms with van der Waals surface area (Å²) in [6, 6.07) is 20.7. The van der Waals surface area contributed by atoms with Crippen LogP contribution in [-0.4, -0.2) is 51.1 Å². The van der Waals surface area contributed by atoms with Crippen molar-refractivity contribution >= 4 is 40.3 Å². The Balaban J connectivity index is 1.39. The van der Waals surface area contributed by atoms with Crippen molar-refractivity contribution < 1.29 is 28.1 Å². The molecule has 2 unspecified atom stereocenters. The molecule has 2 aromatic carbocycles. The van der Waals surface area contributed by atoms with Gasteiger partial charge in [-0.25, -0.2) is 9.18 Å². The molecule has 2 aliphatic rings. The first-order valence-electron chi connectivity index (χ1n) is 11.6. The lowest BCUT2D eigenvalue weighted by Crippen LogP contribution is -2.75. The Hall–Kier alpha value is -3.47. The summed E-state index contributed by atoms with van der Waals surface area (Å²) in [6.07, 6.45) is -0.719. The van der Waals surface area contributed by atoms with Crippen LogP contribution in [0.1, 0.15) is 22.1 Å². The molecule has 1 fully saturated rings. The summed E-state index contributed by atoms with van der Waals surface area (Å²) in [6.45, 7) is -1.05. The second kappa shape index (κ2) is 10.9. The fraction of sp³-hybridized carbons (Fsp3) is 0.222. The number of carbonyl (C=O) groups excluding carboxylic acids is 3. The lowest BCUT2D eigenvalue weighted by atomic mass is 10.0. The van der Waals surface area contributed by atoms with E-state index in [0.29, 0.717) is 11.1 Å². The standard InChI is InChI=1S/C27H23FN2O5S2/c28-15-19-16-37(34)26-22(29-21(31)14-20-12-7-13-36-20)25(32)30(26)23(19)27(33)35-24(17-8-3-1-4-9-17)18-10-5-2-6-11-18/h1-13,22,24,26H,14-16H2,(H,29,31)/t22?,26-,37?/m1/s1. The zero-order valence-corrected chi connectivity index (χ0v) is 21.2. The van der Waals surface area contributed by atoms with Crippen LogP contribution in [0.15, 0.2) is 89.4 Å². The van der Waals surface area contributed by atoms with Gasteiger partial charge in [0.1, 0.15) is 18.1 Å². The maximum absolute atomic E-state index is 14.0. The zero-order chi connectivity index (χ0) is 25.9. The Morgan fingerprint density at radius 2 is 1.73 bits per heavy atom. The Labute approximate surface area is 220 Å². The van der Waals surface area contributed by atoms with Crippen LogP contribution in [0.3, 0.4) is 0 Å². The minimum atomic E-state index is -1.70. The number of fused-ring (bicyclic) bond motifs is 1. The lowest BCUT2D eigenvalue weighted by Gasteiger charge is -2.49. The molecule has 0 spiro atoms. The largest absolute Gasteiger partial charge is 0.614 e. The number of benzene rings is 2. The van der Waals surface area contributed by atoms with Crippen LogP contribution in [0.4, 0.5) is 4.39 Å². The molecule has 37 heavy (non-hydrogen) atoms. The molecule has 1 N–H and O–H groups in total. The van der Waals surface area contributed by atoms with E-state index in [1.54, 1.807) is 6.07 Å². The molecule has 0 radical (unpaired) electrons. The summed E-state index contributed by atoms with van der Waals surface area (Å²) >= 11 is -0.288. The summed E-state index contributed by atoms with van der Waals surface area (Å²) in [5.74, 6) is -2.13.